The molecular weight excluding hydrogens is 406 g/mol. The molecule has 10 heteroatoms. The summed E-state index contributed by atoms with van der Waals surface area (Å²) < 4.78 is 34.9. The number of carbonyl (C=O) groups is 1. The Bertz CT molecular complexity index is 1180. The Hall–Kier alpha value is -3.40. The summed E-state index contributed by atoms with van der Waals surface area (Å²) in [5.41, 5.74) is -0.101. The average Bonchev–Trinajstić information content (AvgIpc) is 3.26. The Morgan fingerprint density at radius 2 is 2.10 bits per heavy atom. The number of aromatic nitrogens is 4. The van der Waals surface area contributed by atoms with Crippen LogP contribution in [0.15, 0.2) is 36.8 Å². The van der Waals surface area contributed by atoms with Crippen molar-refractivity contribution in [1.29, 1.82) is 0 Å². The van der Waals surface area contributed by atoms with E-state index in [9.17, 15) is 13.6 Å². The highest BCUT2D eigenvalue weighted by Gasteiger charge is 2.52. The maximum Gasteiger partial charge on any atom is 0.255 e. The molecule has 5 rings (SSSR count). The summed E-state index contributed by atoms with van der Waals surface area (Å²) in [5, 5.41) is 0. The van der Waals surface area contributed by atoms with Crippen molar-refractivity contribution in [3.05, 3.63) is 48.4 Å². The number of fused-ring (bicyclic) bond motifs is 3. The predicted molar refractivity (Wildman–Crippen MR) is 109 cm³/mol. The number of rotatable bonds is 3. The second-order valence-corrected chi connectivity index (χ2v) is 7.58. The second kappa shape index (κ2) is 7.09. The maximum atomic E-state index is 14.4. The molecule has 160 valence electrons. The van der Waals surface area contributed by atoms with E-state index >= 15 is 0 Å². The van der Waals surface area contributed by atoms with Gasteiger partial charge in [0.2, 0.25) is 5.95 Å². The number of ether oxygens (including phenoxy) is 1. The van der Waals surface area contributed by atoms with Gasteiger partial charge in [0.15, 0.2) is 5.82 Å². The highest BCUT2D eigenvalue weighted by Crippen LogP contribution is 2.41. The van der Waals surface area contributed by atoms with Crippen molar-refractivity contribution < 1.29 is 18.3 Å². The quantitative estimate of drug-likeness (QED) is 0.641. The van der Waals surface area contributed by atoms with Crippen molar-refractivity contribution >= 4 is 17.4 Å². The zero-order valence-electron chi connectivity index (χ0n) is 17.0. The van der Waals surface area contributed by atoms with Crippen molar-refractivity contribution in [2.75, 3.05) is 36.6 Å². The first-order valence-corrected chi connectivity index (χ1v) is 9.96. The molecule has 1 aromatic carbocycles. The molecule has 1 saturated heterocycles. The van der Waals surface area contributed by atoms with E-state index < -0.39 is 17.2 Å². The summed E-state index contributed by atoms with van der Waals surface area (Å²) in [5.74, 6) is -0.323. The minimum Gasteiger partial charge on any atom is -0.377 e. The van der Waals surface area contributed by atoms with Gasteiger partial charge in [-0.25, -0.2) is 18.7 Å². The molecule has 0 N–H and O–H groups in total. The fraction of sp³-hybridized carbons (Fsp3) is 0.333. The van der Waals surface area contributed by atoms with Crippen LogP contribution < -0.4 is 9.80 Å². The van der Waals surface area contributed by atoms with Crippen molar-refractivity contribution in [2.45, 2.75) is 18.9 Å². The second-order valence-electron chi connectivity index (χ2n) is 7.58. The molecule has 1 atom stereocenters. The molecule has 3 aromatic rings. The molecule has 0 aliphatic carbocycles. The van der Waals surface area contributed by atoms with Gasteiger partial charge in [0.1, 0.15) is 28.7 Å². The summed E-state index contributed by atoms with van der Waals surface area (Å²) in [4.78, 5) is 30.1. The Labute approximate surface area is 177 Å². The van der Waals surface area contributed by atoms with E-state index in [4.69, 9.17) is 9.72 Å². The van der Waals surface area contributed by atoms with E-state index in [2.05, 4.69) is 9.97 Å². The number of likely N-dealkylation sites (N-methyl/N-ethyl adjacent to an activating group) is 1. The Morgan fingerprint density at radius 3 is 2.87 bits per heavy atom. The molecule has 0 spiro atoms. The zero-order valence-corrected chi connectivity index (χ0v) is 17.0. The van der Waals surface area contributed by atoms with Gasteiger partial charge < -0.3 is 14.5 Å². The fourth-order valence-electron chi connectivity index (χ4n) is 4.28. The summed E-state index contributed by atoms with van der Waals surface area (Å²) in [6.07, 6.45) is 5.26. The number of hydrogen-bond acceptors (Lipinski definition) is 6. The number of imidazole rings is 1. The largest absolute Gasteiger partial charge is 0.377 e. The van der Waals surface area contributed by atoms with Crippen LogP contribution in [-0.4, -0.2) is 57.8 Å². The van der Waals surface area contributed by atoms with Gasteiger partial charge in [-0.15, -0.1) is 0 Å². The van der Waals surface area contributed by atoms with Crippen LogP contribution in [0.5, 0.6) is 0 Å². The van der Waals surface area contributed by atoms with Crippen LogP contribution in [-0.2, 0) is 9.53 Å². The Morgan fingerprint density at radius 1 is 1.26 bits per heavy atom. The summed E-state index contributed by atoms with van der Waals surface area (Å²) in [7, 11) is 1.70. The third-order valence-electron chi connectivity index (χ3n) is 5.99. The summed E-state index contributed by atoms with van der Waals surface area (Å²) in [6.45, 7) is 3.23. The molecule has 0 saturated carbocycles. The van der Waals surface area contributed by atoms with Crippen LogP contribution in [0.2, 0.25) is 0 Å². The molecule has 2 aliphatic rings. The number of carbonyl (C=O) groups excluding carboxylic acids is 1. The molecule has 31 heavy (non-hydrogen) atoms. The van der Waals surface area contributed by atoms with Crippen LogP contribution >= 0.6 is 0 Å². The lowest BCUT2D eigenvalue weighted by Crippen LogP contribution is -2.68. The van der Waals surface area contributed by atoms with Gasteiger partial charge in [0.05, 0.1) is 25.0 Å². The molecule has 2 aromatic heterocycles. The summed E-state index contributed by atoms with van der Waals surface area (Å²) >= 11 is 0. The molecule has 0 radical (unpaired) electrons. The van der Waals surface area contributed by atoms with Crippen molar-refractivity contribution in [3.63, 3.8) is 0 Å². The van der Waals surface area contributed by atoms with Gasteiger partial charge in [-0.1, -0.05) is 6.92 Å². The number of halogens is 2. The lowest BCUT2D eigenvalue weighted by Gasteiger charge is -2.51. The number of morpholine rings is 1. The molecule has 4 heterocycles. The standard InChI is InChI=1S/C21H20F2N6O2/c1-3-21-12-31-9-8-29(21)18-16(27(2)19(21)30)11-25-20(26-18)28-7-6-24-17(28)14-5-4-13(22)10-15(14)23/h4-7,10-11H,3,8-9,12H2,1-2H3/t21-/m0/s1. The smallest absolute Gasteiger partial charge is 0.255 e. The SMILES string of the molecule is CC[C@@]12COCCN1c1nc(-n3ccnc3-c3ccc(F)cc3F)ncc1N(C)C2=O. The van der Waals surface area contributed by atoms with Gasteiger partial charge in [-0.3, -0.25) is 9.36 Å². The minimum atomic E-state index is -0.827. The lowest BCUT2D eigenvalue weighted by molar-refractivity contribution is -0.128. The molecule has 0 unspecified atom stereocenters. The van der Waals surface area contributed by atoms with Crippen molar-refractivity contribution in [2.24, 2.45) is 0 Å². The number of anilines is 2. The van der Waals surface area contributed by atoms with E-state index in [1.54, 1.807) is 28.9 Å². The highest BCUT2D eigenvalue weighted by atomic mass is 19.1. The number of hydrogen-bond donors (Lipinski definition) is 0. The fourth-order valence-corrected chi connectivity index (χ4v) is 4.28. The van der Waals surface area contributed by atoms with Crippen molar-refractivity contribution in [1.82, 2.24) is 19.5 Å². The minimum absolute atomic E-state index is 0.0600. The number of amides is 1. The van der Waals surface area contributed by atoms with Crippen LogP contribution in [0.4, 0.5) is 20.3 Å². The van der Waals surface area contributed by atoms with Crippen LogP contribution in [0, 0.1) is 11.6 Å². The van der Waals surface area contributed by atoms with E-state index in [0.717, 1.165) is 6.07 Å². The topological polar surface area (TPSA) is 76.4 Å². The normalized spacial score (nSPS) is 20.6. The van der Waals surface area contributed by atoms with Gasteiger partial charge in [-0.2, -0.15) is 4.98 Å². The summed E-state index contributed by atoms with van der Waals surface area (Å²) in [6, 6.07) is 3.32. The van der Waals surface area contributed by atoms with E-state index in [1.165, 1.54) is 18.3 Å². The molecule has 0 bridgehead atoms. The first-order valence-electron chi connectivity index (χ1n) is 9.96. The lowest BCUT2D eigenvalue weighted by atomic mass is 9.89. The van der Waals surface area contributed by atoms with E-state index in [0.29, 0.717) is 31.1 Å². The molecule has 1 amide bonds. The van der Waals surface area contributed by atoms with Crippen LogP contribution in [0.1, 0.15) is 13.3 Å². The van der Waals surface area contributed by atoms with Crippen molar-refractivity contribution in [3.8, 4) is 17.3 Å². The predicted octanol–water partition coefficient (Wildman–Crippen LogP) is 2.57. The number of benzene rings is 1. The molecule has 8 nitrogen and oxygen atoms in total. The Balaban J connectivity index is 1.64. The Kier molecular flexibility index (Phi) is 4.47. The highest BCUT2D eigenvalue weighted by molar-refractivity contribution is 6.07. The van der Waals surface area contributed by atoms with Gasteiger partial charge in [0.25, 0.3) is 5.91 Å². The van der Waals surface area contributed by atoms with Crippen LogP contribution in [0.25, 0.3) is 17.3 Å². The third-order valence-corrected chi connectivity index (χ3v) is 5.99. The molecular formula is C21H20F2N6O2. The monoisotopic (exact) mass is 426 g/mol. The van der Waals surface area contributed by atoms with Gasteiger partial charge >= 0.3 is 0 Å². The van der Waals surface area contributed by atoms with Crippen LogP contribution in [0.3, 0.4) is 0 Å². The zero-order chi connectivity index (χ0) is 21.8. The third kappa shape index (κ3) is 2.82. The first-order chi connectivity index (χ1) is 15.0. The molecule has 2 aliphatic heterocycles. The molecule has 1 fully saturated rings. The van der Waals surface area contributed by atoms with E-state index in [-0.39, 0.29) is 29.9 Å². The average molecular weight is 426 g/mol. The first kappa shape index (κ1) is 19.6. The van der Waals surface area contributed by atoms with E-state index in [1.807, 2.05) is 11.8 Å². The maximum absolute atomic E-state index is 14.4. The van der Waals surface area contributed by atoms with Gasteiger partial charge in [-0.05, 0) is 18.6 Å². The van der Waals surface area contributed by atoms with Gasteiger partial charge in [0, 0.05) is 32.1 Å². The number of nitrogens with zero attached hydrogens (tertiary/aromatic N) is 6.